The predicted molar refractivity (Wildman–Crippen MR) is 70.1 cm³/mol. The summed E-state index contributed by atoms with van der Waals surface area (Å²) in [7, 11) is 0. The smallest absolute Gasteiger partial charge is 0.323 e. The molecular formula is C12H15ClN2O3. The van der Waals surface area contributed by atoms with E-state index in [2.05, 4.69) is 5.32 Å². The van der Waals surface area contributed by atoms with Crippen LogP contribution in [0.3, 0.4) is 0 Å². The molecule has 2 N–H and O–H groups in total. The second-order valence-electron chi connectivity index (χ2n) is 3.77. The van der Waals surface area contributed by atoms with Gasteiger partial charge in [0, 0.05) is 6.54 Å². The fourth-order valence-corrected chi connectivity index (χ4v) is 1.74. The number of carboxylic acid groups (broad SMARTS) is 1. The number of amides is 2. The monoisotopic (exact) mass is 270 g/mol. The molecule has 0 saturated heterocycles. The molecule has 0 bridgehead atoms. The standard InChI is InChI=1S/C12H15ClN2O3/c1-3-15(7-10(16)17)12(18)14-11-8(2)5-4-6-9(11)13/h4-6H,3,7H2,1-2H3,(H,14,18)(H,16,17). The molecule has 18 heavy (non-hydrogen) atoms. The first-order chi connectivity index (χ1) is 8.45. The lowest BCUT2D eigenvalue weighted by Gasteiger charge is -2.20. The maximum atomic E-state index is 11.9. The number of nitrogens with zero attached hydrogens (tertiary/aromatic N) is 1. The number of aliphatic carboxylic acids is 1. The number of carboxylic acids is 1. The van der Waals surface area contributed by atoms with E-state index in [9.17, 15) is 9.59 Å². The highest BCUT2D eigenvalue weighted by atomic mass is 35.5. The van der Waals surface area contributed by atoms with Gasteiger partial charge in [0.2, 0.25) is 0 Å². The van der Waals surface area contributed by atoms with E-state index in [0.29, 0.717) is 17.3 Å². The first-order valence-electron chi connectivity index (χ1n) is 5.48. The molecule has 0 heterocycles. The quantitative estimate of drug-likeness (QED) is 0.883. The zero-order chi connectivity index (χ0) is 13.7. The molecular weight excluding hydrogens is 256 g/mol. The van der Waals surface area contributed by atoms with Gasteiger partial charge in [0.1, 0.15) is 6.54 Å². The van der Waals surface area contributed by atoms with Crippen molar-refractivity contribution in [3.05, 3.63) is 28.8 Å². The van der Waals surface area contributed by atoms with Crippen LogP contribution >= 0.6 is 11.6 Å². The largest absolute Gasteiger partial charge is 0.480 e. The fraction of sp³-hybridized carbons (Fsp3) is 0.333. The molecule has 1 aromatic rings. The maximum Gasteiger partial charge on any atom is 0.323 e. The van der Waals surface area contributed by atoms with E-state index in [4.69, 9.17) is 16.7 Å². The van der Waals surface area contributed by atoms with Crippen LogP contribution in [0.5, 0.6) is 0 Å². The van der Waals surface area contributed by atoms with Crippen molar-refractivity contribution in [2.45, 2.75) is 13.8 Å². The highest BCUT2D eigenvalue weighted by Gasteiger charge is 2.16. The van der Waals surface area contributed by atoms with Crippen LogP contribution in [0.1, 0.15) is 12.5 Å². The van der Waals surface area contributed by atoms with Gasteiger partial charge in [0.05, 0.1) is 10.7 Å². The number of halogens is 1. The van der Waals surface area contributed by atoms with Crippen molar-refractivity contribution >= 4 is 29.3 Å². The Bertz CT molecular complexity index is 442. The minimum atomic E-state index is -1.05. The van der Waals surface area contributed by atoms with Crippen molar-refractivity contribution in [1.82, 2.24) is 4.90 Å². The fourth-order valence-electron chi connectivity index (χ4n) is 1.47. The molecule has 98 valence electrons. The normalized spacial score (nSPS) is 9.94. The molecule has 5 nitrogen and oxygen atoms in total. The lowest BCUT2D eigenvalue weighted by Crippen LogP contribution is -2.38. The molecule has 0 aliphatic carbocycles. The minimum Gasteiger partial charge on any atom is -0.480 e. The first-order valence-corrected chi connectivity index (χ1v) is 5.86. The summed E-state index contributed by atoms with van der Waals surface area (Å²) in [5, 5.41) is 11.7. The number of nitrogens with one attached hydrogen (secondary N) is 1. The van der Waals surface area contributed by atoms with Gasteiger partial charge in [0.15, 0.2) is 0 Å². The van der Waals surface area contributed by atoms with E-state index >= 15 is 0 Å². The summed E-state index contributed by atoms with van der Waals surface area (Å²) < 4.78 is 0. The van der Waals surface area contributed by atoms with Crippen LogP contribution in [0.2, 0.25) is 5.02 Å². The van der Waals surface area contributed by atoms with Gasteiger partial charge in [-0.1, -0.05) is 23.7 Å². The zero-order valence-electron chi connectivity index (χ0n) is 10.2. The summed E-state index contributed by atoms with van der Waals surface area (Å²) in [4.78, 5) is 23.7. The summed E-state index contributed by atoms with van der Waals surface area (Å²) in [6.07, 6.45) is 0. The van der Waals surface area contributed by atoms with Gasteiger partial charge in [-0.25, -0.2) is 4.79 Å². The zero-order valence-corrected chi connectivity index (χ0v) is 11.0. The average molecular weight is 271 g/mol. The highest BCUT2D eigenvalue weighted by Crippen LogP contribution is 2.25. The molecule has 0 aliphatic heterocycles. The summed E-state index contributed by atoms with van der Waals surface area (Å²) in [6, 6.07) is 4.78. The van der Waals surface area contributed by atoms with Gasteiger partial charge in [0.25, 0.3) is 0 Å². The SMILES string of the molecule is CCN(CC(=O)O)C(=O)Nc1c(C)cccc1Cl. The predicted octanol–water partition coefficient (Wildman–Crippen LogP) is 2.59. The lowest BCUT2D eigenvalue weighted by molar-refractivity contribution is -0.137. The van der Waals surface area contributed by atoms with Gasteiger partial charge in [-0.3, -0.25) is 4.79 Å². The number of carbonyl (C=O) groups excluding carboxylic acids is 1. The van der Waals surface area contributed by atoms with Crippen LogP contribution < -0.4 is 5.32 Å². The molecule has 0 spiro atoms. The Balaban J connectivity index is 2.83. The van der Waals surface area contributed by atoms with Crippen LogP contribution in [0.25, 0.3) is 0 Å². The molecule has 1 aromatic carbocycles. The second-order valence-corrected chi connectivity index (χ2v) is 4.18. The number of aryl methyl sites for hydroxylation is 1. The van der Waals surface area contributed by atoms with Crippen LogP contribution in [0.4, 0.5) is 10.5 Å². The second kappa shape index (κ2) is 6.26. The van der Waals surface area contributed by atoms with Gasteiger partial charge in [-0.2, -0.15) is 0 Å². The molecule has 0 fully saturated rings. The maximum absolute atomic E-state index is 11.9. The number of urea groups is 1. The third-order valence-corrected chi connectivity index (χ3v) is 2.76. The number of rotatable bonds is 4. The number of benzene rings is 1. The van der Waals surface area contributed by atoms with E-state index in [0.717, 1.165) is 5.56 Å². The molecule has 2 amide bonds. The van der Waals surface area contributed by atoms with E-state index in [1.54, 1.807) is 19.1 Å². The molecule has 6 heteroatoms. The van der Waals surface area contributed by atoms with E-state index in [1.807, 2.05) is 13.0 Å². The van der Waals surface area contributed by atoms with E-state index < -0.39 is 12.0 Å². The summed E-state index contributed by atoms with van der Waals surface area (Å²) in [6.45, 7) is 3.49. The van der Waals surface area contributed by atoms with Gasteiger partial charge < -0.3 is 15.3 Å². The van der Waals surface area contributed by atoms with Crippen LogP contribution in [0.15, 0.2) is 18.2 Å². The summed E-state index contributed by atoms with van der Waals surface area (Å²) >= 11 is 5.98. The molecule has 0 atom stereocenters. The number of likely N-dealkylation sites (N-methyl/N-ethyl adjacent to an activating group) is 1. The van der Waals surface area contributed by atoms with Gasteiger partial charge in [-0.05, 0) is 25.5 Å². The Morgan fingerprint density at radius 1 is 1.44 bits per heavy atom. The van der Waals surface area contributed by atoms with Crippen molar-refractivity contribution in [2.24, 2.45) is 0 Å². The van der Waals surface area contributed by atoms with E-state index in [1.165, 1.54) is 4.90 Å². The van der Waals surface area contributed by atoms with Crippen molar-refractivity contribution < 1.29 is 14.7 Å². The Labute approximate surface area is 110 Å². The Morgan fingerprint density at radius 2 is 2.11 bits per heavy atom. The Morgan fingerprint density at radius 3 is 2.61 bits per heavy atom. The number of carbonyl (C=O) groups is 2. The minimum absolute atomic E-state index is 0.307. The topological polar surface area (TPSA) is 69.6 Å². The van der Waals surface area contributed by atoms with Gasteiger partial charge in [-0.15, -0.1) is 0 Å². The van der Waals surface area contributed by atoms with Crippen molar-refractivity contribution in [2.75, 3.05) is 18.4 Å². The summed E-state index contributed by atoms with van der Waals surface area (Å²) in [5.74, 6) is -1.05. The molecule has 0 radical (unpaired) electrons. The Kier molecular flexibility index (Phi) is 4.97. The first kappa shape index (κ1) is 14.3. The van der Waals surface area contributed by atoms with Crippen LogP contribution in [-0.4, -0.2) is 35.1 Å². The molecule has 0 saturated carbocycles. The highest BCUT2D eigenvalue weighted by molar-refractivity contribution is 6.33. The number of anilines is 1. The Hall–Kier alpha value is -1.75. The van der Waals surface area contributed by atoms with Gasteiger partial charge >= 0.3 is 12.0 Å². The molecule has 0 unspecified atom stereocenters. The van der Waals surface area contributed by atoms with Crippen molar-refractivity contribution in [3.8, 4) is 0 Å². The summed E-state index contributed by atoms with van der Waals surface area (Å²) in [5.41, 5.74) is 1.33. The number of hydrogen-bond donors (Lipinski definition) is 2. The van der Waals surface area contributed by atoms with Crippen LogP contribution in [0, 0.1) is 6.92 Å². The number of para-hydroxylation sites is 1. The van der Waals surface area contributed by atoms with Crippen molar-refractivity contribution in [3.63, 3.8) is 0 Å². The lowest BCUT2D eigenvalue weighted by atomic mass is 10.2. The third-order valence-electron chi connectivity index (χ3n) is 2.45. The average Bonchev–Trinajstić information content (AvgIpc) is 2.30. The molecule has 1 rings (SSSR count). The van der Waals surface area contributed by atoms with E-state index in [-0.39, 0.29) is 6.54 Å². The third kappa shape index (κ3) is 3.63. The molecule has 0 aromatic heterocycles. The number of hydrogen-bond acceptors (Lipinski definition) is 2. The van der Waals surface area contributed by atoms with Crippen LogP contribution in [-0.2, 0) is 4.79 Å². The molecule has 0 aliphatic rings. The van der Waals surface area contributed by atoms with Crippen molar-refractivity contribution in [1.29, 1.82) is 0 Å².